The van der Waals surface area contributed by atoms with Gasteiger partial charge in [0.15, 0.2) is 0 Å². The molecule has 0 atom stereocenters. The number of carbonyl (C=O) groups is 1. The van der Waals surface area contributed by atoms with Crippen molar-refractivity contribution < 1.29 is 4.79 Å². The molecular formula is C16H13Cl2N5O. The highest BCUT2D eigenvalue weighted by Gasteiger charge is 2.08. The van der Waals surface area contributed by atoms with Gasteiger partial charge in [-0.3, -0.25) is 4.57 Å². The van der Waals surface area contributed by atoms with Gasteiger partial charge in [0.2, 0.25) is 0 Å². The number of benzene rings is 1. The third kappa shape index (κ3) is 3.84. The number of urea groups is 1. The Balaban J connectivity index is 1.66. The van der Waals surface area contributed by atoms with E-state index in [1.807, 2.05) is 12.1 Å². The summed E-state index contributed by atoms with van der Waals surface area (Å²) in [5, 5.41) is 6.30. The van der Waals surface area contributed by atoms with Crippen molar-refractivity contribution in [2.24, 2.45) is 0 Å². The van der Waals surface area contributed by atoms with E-state index in [1.165, 1.54) is 0 Å². The van der Waals surface area contributed by atoms with Crippen LogP contribution in [0.25, 0.3) is 5.82 Å². The quantitative estimate of drug-likeness (QED) is 0.740. The molecule has 0 aliphatic carbocycles. The van der Waals surface area contributed by atoms with Crippen LogP contribution in [0.3, 0.4) is 0 Å². The first-order valence-electron chi connectivity index (χ1n) is 7.05. The number of hydrogen-bond donors (Lipinski definition) is 2. The highest BCUT2D eigenvalue weighted by atomic mass is 35.5. The van der Waals surface area contributed by atoms with E-state index in [0.717, 1.165) is 5.56 Å². The number of nitrogens with one attached hydrogen (secondary N) is 2. The first-order valence-corrected chi connectivity index (χ1v) is 7.81. The minimum absolute atomic E-state index is 0.314. The Hall–Kier alpha value is -2.57. The van der Waals surface area contributed by atoms with Crippen LogP contribution in [0.2, 0.25) is 10.0 Å². The number of imidazole rings is 1. The van der Waals surface area contributed by atoms with E-state index in [1.54, 1.807) is 47.7 Å². The first-order chi connectivity index (χ1) is 11.6. The molecule has 2 N–H and O–H groups in total. The molecule has 24 heavy (non-hydrogen) atoms. The molecule has 0 unspecified atom stereocenters. The minimum Gasteiger partial charge on any atom is -0.334 e. The van der Waals surface area contributed by atoms with Gasteiger partial charge in [-0.15, -0.1) is 0 Å². The number of hydrogen-bond acceptors (Lipinski definition) is 3. The van der Waals surface area contributed by atoms with Crippen molar-refractivity contribution in [3.05, 3.63) is 70.9 Å². The maximum atomic E-state index is 12.0. The van der Waals surface area contributed by atoms with Gasteiger partial charge in [0.05, 0.1) is 10.0 Å². The normalized spacial score (nSPS) is 10.4. The molecule has 122 valence electrons. The molecule has 2 aromatic heterocycles. The van der Waals surface area contributed by atoms with Crippen molar-refractivity contribution in [3.8, 4) is 5.82 Å². The molecule has 2 amide bonds. The zero-order chi connectivity index (χ0) is 16.9. The SMILES string of the molecule is O=C(NCc1cccnc1-n1ccnc1)Nc1ccc(Cl)c(Cl)c1. The van der Waals surface area contributed by atoms with Crippen molar-refractivity contribution in [2.45, 2.75) is 6.54 Å². The maximum absolute atomic E-state index is 12.0. The summed E-state index contributed by atoms with van der Waals surface area (Å²) in [6.45, 7) is 0.314. The van der Waals surface area contributed by atoms with E-state index >= 15 is 0 Å². The summed E-state index contributed by atoms with van der Waals surface area (Å²) in [7, 11) is 0. The monoisotopic (exact) mass is 361 g/mol. The van der Waals surface area contributed by atoms with Gasteiger partial charge in [0.25, 0.3) is 0 Å². The molecule has 2 heterocycles. The molecule has 1 aromatic carbocycles. The van der Waals surface area contributed by atoms with Crippen LogP contribution in [0.5, 0.6) is 0 Å². The predicted molar refractivity (Wildman–Crippen MR) is 93.7 cm³/mol. The standard InChI is InChI=1S/C16H13Cl2N5O/c17-13-4-3-12(8-14(13)18)22-16(24)21-9-11-2-1-5-20-15(11)23-7-6-19-10-23/h1-8,10H,9H2,(H2,21,22,24). The van der Waals surface area contributed by atoms with E-state index in [-0.39, 0.29) is 6.03 Å². The molecule has 0 saturated heterocycles. The lowest BCUT2D eigenvalue weighted by molar-refractivity contribution is 0.251. The zero-order valence-electron chi connectivity index (χ0n) is 12.4. The van der Waals surface area contributed by atoms with Gasteiger partial charge in [0, 0.05) is 36.4 Å². The summed E-state index contributed by atoms with van der Waals surface area (Å²) in [6, 6.07) is 8.24. The fraction of sp³-hybridized carbons (Fsp3) is 0.0625. The van der Waals surface area contributed by atoms with Gasteiger partial charge in [-0.2, -0.15) is 0 Å². The number of aromatic nitrogens is 3. The van der Waals surface area contributed by atoms with Crippen LogP contribution < -0.4 is 10.6 Å². The van der Waals surface area contributed by atoms with Gasteiger partial charge in [-0.1, -0.05) is 29.3 Å². The second-order valence-corrected chi connectivity index (χ2v) is 5.71. The molecule has 0 aliphatic rings. The number of nitrogens with zero attached hydrogens (tertiary/aromatic N) is 3. The molecule has 0 fully saturated rings. The van der Waals surface area contributed by atoms with Crippen LogP contribution >= 0.6 is 23.2 Å². The van der Waals surface area contributed by atoms with Gasteiger partial charge in [0.1, 0.15) is 12.1 Å². The maximum Gasteiger partial charge on any atom is 0.319 e. The van der Waals surface area contributed by atoms with E-state index in [9.17, 15) is 4.79 Å². The van der Waals surface area contributed by atoms with Crippen LogP contribution in [0.1, 0.15) is 5.56 Å². The van der Waals surface area contributed by atoms with Crippen LogP contribution in [-0.4, -0.2) is 20.6 Å². The molecular weight excluding hydrogens is 349 g/mol. The summed E-state index contributed by atoms with van der Waals surface area (Å²) >= 11 is 11.8. The Morgan fingerprint density at radius 1 is 1.17 bits per heavy atom. The van der Waals surface area contributed by atoms with Crippen molar-refractivity contribution in [1.82, 2.24) is 19.9 Å². The van der Waals surface area contributed by atoms with Gasteiger partial charge in [-0.25, -0.2) is 14.8 Å². The first kappa shape index (κ1) is 16.3. The summed E-state index contributed by atoms with van der Waals surface area (Å²) < 4.78 is 1.79. The Bertz CT molecular complexity index is 851. The molecule has 0 bridgehead atoms. The number of pyridine rings is 1. The highest BCUT2D eigenvalue weighted by Crippen LogP contribution is 2.24. The van der Waals surface area contributed by atoms with Crippen molar-refractivity contribution in [3.63, 3.8) is 0 Å². The lowest BCUT2D eigenvalue weighted by Gasteiger charge is -2.11. The van der Waals surface area contributed by atoms with Crippen molar-refractivity contribution >= 4 is 34.9 Å². The van der Waals surface area contributed by atoms with Crippen molar-refractivity contribution in [1.29, 1.82) is 0 Å². The van der Waals surface area contributed by atoms with E-state index in [4.69, 9.17) is 23.2 Å². The van der Waals surface area contributed by atoms with Crippen LogP contribution in [0.4, 0.5) is 10.5 Å². The number of amides is 2. The lowest BCUT2D eigenvalue weighted by atomic mass is 10.2. The van der Waals surface area contributed by atoms with Gasteiger partial charge in [-0.05, 0) is 24.3 Å². The zero-order valence-corrected chi connectivity index (χ0v) is 13.9. The van der Waals surface area contributed by atoms with Gasteiger partial charge >= 0.3 is 6.03 Å². The van der Waals surface area contributed by atoms with E-state index < -0.39 is 0 Å². The topological polar surface area (TPSA) is 71.8 Å². The number of anilines is 1. The summed E-state index contributed by atoms with van der Waals surface area (Å²) in [5.41, 5.74) is 1.42. The van der Waals surface area contributed by atoms with Gasteiger partial charge < -0.3 is 10.6 Å². The largest absolute Gasteiger partial charge is 0.334 e. The smallest absolute Gasteiger partial charge is 0.319 e. The Kier molecular flexibility index (Phi) is 4.98. The number of rotatable bonds is 4. The van der Waals surface area contributed by atoms with Crippen LogP contribution in [0.15, 0.2) is 55.2 Å². The molecule has 0 saturated carbocycles. The molecule has 3 aromatic rings. The van der Waals surface area contributed by atoms with E-state index in [0.29, 0.717) is 28.1 Å². The third-order valence-corrected chi connectivity index (χ3v) is 3.97. The average Bonchev–Trinajstić information content (AvgIpc) is 3.11. The molecule has 6 nitrogen and oxygen atoms in total. The average molecular weight is 362 g/mol. The molecule has 8 heteroatoms. The molecule has 3 rings (SSSR count). The molecule has 0 radical (unpaired) electrons. The third-order valence-electron chi connectivity index (χ3n) is 3.23. The fourth-order valence-corrected chi connectivity index (χ4v) is 2.41. The number of carbonyl (C=O) groups excluding carboxylic acids is 1. The summed E-state index contributed by atoms with van der Waals surface area (Å²) in [4.78, 5) is 20.4. The van der Waals surface area contributed by atoms with Crippen molar-refractivity contribution in [2.75, 3.05) is 5.32 Å². The second-order valence-electron chi connectivity index (χ2n) is 4.89. The fourth-order valence-electron chi connectivity index (χ4n) is 2.11. The molecule has 0 aliphatic heterocycles. The van der Waals surface area contributed by atoms with Crippen LogP contribution in [0, 0.1) is 0 Å². The number of halogens is 2. The minimum atomic E-state index is -0.353. The lowest BCUT2D eigenvalue weighted by Crippen LogP contribution is -2.28. The molecule has 0 spiro atoms. The highest BCUT2D eigenvalue weighted by molar-refractivity contribution is 6.42. The second kappa shape index (κ2) is 7.33. The van der Waals surface area contributed by atoms with E-state index in [2.05, 4.69) is 20.6 Å². The summed E-state index contributed by atoms with van der Waals surface area (Å²) in [6.07, 6.45) is 6.81. The summed E-state index contributed by atoms with van der Waals surface area (Å²) in [5.74, 6) is 0.713. The Morgan fingerprint density at radius 3 is 2.79 bits per heavy atom. The predicted octanol–water partition coefficient (Wildman–Crippen LogP) is 3.90. The Labute approximate surface area is 148 Å². The van der Waals surface area contributed by atoms with Crippen LogP contribution in [-0.2, 0) is 6.54 Å². The Morgan fingerprint density at radius 2 is 2.04 bits per heavy atom.